The van der Waals surface area contributed by atoms with Gasteiger partial charge in [-0.05, 0) is 56.6 Å². The number of phenols is 1. The summed E-state index contributed by atoms with van der Waals surface area (Å²) in [5.41, 5.74) is 6.40. The van der Waals surface area contributed by atoms with Crippen LogP contribution in [-0.4, -0.2) is 66.7 Å². The molecule has 6 aromatic rings. The normalized spacial score (nSPS) is 11.5. The first-order valence-electron chi connectivity index (χ1n) is 12.1. The number of phenolic OH excluding ortho intramolecular Hbond substituents is 1. The summed E-state index contributed by atoms with van der Waals surface area (Å²) in [6.07, 6.45) is 4.90. The molecule has 11 heteroatoms. The van der Waals surface area contributed by atoms with E-state index < -0.39 is 5.82 Å². The molecule has 0 saturated carbocycles. The predicted octanol–water partition coefficient (Wildman–Crippen LogP) is 4.58. The number of halogens is 1. The number of likely N-dealkylation sites (N-methyl/N-ethyl adjacent to an activating group) is 1. The number of H-pyrrole nitrogens is 2. The standard InChI is InChI=1S/C28H23FN8O2/c1-37(2)14-25(39)32-18-8-16(12-30-13-18)21-3-4-23-27(34-21)28(36-35-23)24-11-20-22(33-24)5-6-31-26(20)15-7-17(29)10-19(38)9-15/h3-13,33,38H,14H2,1-2H3,(H,32,39)(H,35,36). The molecule has 0 bridgehead atoms. The number of hydrogen-bond acceptors (Lipinski definition) is 7. The zero-order chi connectivity index (χ0) is 27.1. The molecule has 1 amide bonds. The lowest BCUT2D eigenvalue weighted by Crippen LogP contribution is -2.27. The number of nitrogens with zero attached hydrogens (tertiary/aromatic N) is 5. The molecule has 1 aromatic carbocycles. The van der Waals surface area contributed by atoms with E-state index in [9.17, 15) is 14.3 Å². The molecule has 5 aromatic heterocycles. The van der Waals surface area contributed by atoms with E-state index in [4.69, 9.17) is 4.98 Å². The van der Waals surface area contributed by atoms with E-state index in [1.165, 1.54) is 12.1 Å². The molecule has 194 valence electrons. The molecule has 0 spiro atoms. The van der Waals surface area contributed by atoms with Crippen LogP contribution in [0.15, 0.2) is 67.1 Å². The Kier molecular flexibility index (Phi) is 5.97. The topological polar surface area (TPSA) is 136 Å². The highest BCUT2D eigenvalue weighted by Gasteiger charge is 2.17. The molecule has 0 radical (unpaired) electrons. The molecule has 5 heterocycles. The Balaban J connectivity index is 1.39. The van der Waals surface area contributed by atoms with Crippen molar-refractivity contribution in [1.82, 2.24) is 35.0 Å². The van der Waals surface area contributed by atoms with Gasteiger partial charge in [0.1, 0.15) is 22.8 Å². The fraction of sp³-hybridized carbons (Fsp3) is 0.107. The van der Waals surface area contributed by atoms with E-state index in [1.54, 1.807) is 23.5 Å². The summed E-state index contributed by atoms with van der Waals surface area (Å²) in [5, 5.41) is 21.0. The highest BCUT2D eigenvalue weighted by molar-refractivity contribution is 5.99. The Morgan fingerprint density at radius 1 is 1.03 bits per heavy atom. The minimum absolute atomic E-state index is 0.138. The van der Waals surface area contributed by atoms with Gasteiger partial charge in [0.2, 0.25) is 5.91 Å². The second-order valence-electron chi connectivity index (χ2n) is 9.42. The lowest BCUT2D eigenvalue weighted by molar-refractivity contribution is -0.116. The van der Waals surface area contributed by atoms with E-state index in [0.717, 1.165) is 28.0 Å². The molecule has 6 rings (SSSR count). The smallest absolute Gasteiger partial charge is 0.238 e. The fourth-order valence-electron chi connectivity index (χ4n) is 4.51. The van der Waals surface area contributed by atoms with Gasteiger partial charge in [-0.3, -0.25) is 19.9 Å². The Morgan fingerprint density at radius 3 is 2.72 bits per heavy atom. The van der Waals surface area contributed by atoms with Crippen molar-refractivity contribution in [2.75, 3.05) is 26.0 Å². The number of pyridine rings is 3. The molecule has 0 saturated heterocycles. The van der Waals surface area contributed by atoms with Crippen LogP contribution in [0.5, 0.6) is 5.75 Å². The van der Waals surface area contributed by atoms with Crippen LogP contribution < -0.4 is 5.32 Å². The minimum atomic E-state index is -0.551. The summed E-state index contributed by atoms with van der Waals surface area (Å²) in [6.45, 7) is 0.259. The summed E-state index contributed by atoms with van der Waals surface area (Å²) in [4.78, 5) is 30.9. The van der Waals surface area contributed by atoms with Gasteiger partial charge < -0.3 is 20.3 Å². The minimum Gasteiger partial charge on any atom is -0.508 e. The number of amides is 1. The SMILES string of the molecule is CN(C)CC(=O)Nc1cncc(-c2ccc3[nH]nc(-c4cc5c(-c6cc(O)cc(F)c6)nccc5[nH]4)c3n2)c1. The number of anilines is 1. The molecule has 0 fully saturated rings. The van der Waals surface area contributed by atoms with Crippen molar-refractivity contribution >= 4 is 33.5 Å². The zero-order valence-corrected chi connectivity index (χ0v) is 21.0. The third-order valence-corrected chi connectivity index (χ3v) is 6.14. The van der Waals surface area contributed by atoms with Crippen molar-refractivity contribution in [2.45, 2.75) is 0 Å². The lowest BCUT2D eigenvalue weighted by atomic mass is 10.1. The summed E-state index contributed by atoms with van der Waals surface area (Å²) in [7, 11) is 3.65. The summed E-state index contributed by atoms with van der Waals surface area (Å²) >= 11 is 0. The molecule has 0 atom stereocenters. The third-order valence-electron chi connectivity index (χ3n) is 6.14. The summed E-state index contributed by atoms with van der Waals surface area (Å²) in [6, 6.07) is 13.1. The molecule has 0 unspecified atom stereocenters. The Hall–Kier alpha value is -5.16. The number of rotatable bonds is 6. The number of carbonyl (C=O) groups excluding carboxylic acids is 1. The largest absolute Gasteiger partial charge is 0.508 e. The number of aromatic amines is 2. The quantitative estimate of drug-likeness (QED) is 0.251. The molecular weight excluding hydrogens is 499 g/mol. The van der Waals surface area contributed by atoms with Crippen LogP contribution in [0, 0.1) is 5.82 Å². The monoisotopic (exact) mass is 522 g/mol. The highest BCUT2D eigenvalue weighted by atomic mass is 19.1. The van der Waals surface area contributed by atoms with E-state index in [-0.39, 0.29) is 18.2 Å². The predicted molar refractivity (Wildman–Crippen MR) is 146 cm³/mol. The van der Waals surface area contributed by atoms with Gasteiger partial charge in [0, 0.05) is 40.5 Å². The molecule has 0 aliphatic carbocycles. The van der Waals surface area contributed by atoms with Crippen molar-refractivity contribution < 1.29 is 14.3 Å². The van der Waals surface area contributed by atoms with Crippen LogP contribution in [-0.2, 0) is 4.79 Å². The number of nitrogens with one attached hydrogen (secondary N) is 3. The maximum atomic E-state index is 14.0. The first-order valence-corrected chi connectivity index (χ1v) is 12.1. The first kappa shape index (κ1) is 24.2. The first-order chi connectivity index (χ1) is 18.8. The van der Waals surface area contributed by atoms with Crippen molar-refractivity contribution in [3.63, 3.8) is 0 Å². The number of benzene rings is 1. The van der Waals surface area contributed by atoms with Gasteiger partial charge in [0.15, 0.2) is 0 Å². The Morgan fingerprint density at radius 2 is 1.90 bits per heavy atom. The van der Waals surface area contributed by atoms with Gasteiger partial charge in [-0.1, -0.05) is 0 Å². The Bertz CT molecular complexity index is 1840. The highest BCUT2D eigenvalue weighted by Crippen LogP contribution is 2.34. The van der Waals surface area contributed by atoms with Crippen molar-refractivity contribution in [3.05, 3.63) is 72.9 Å². The average Bonchev–Trinajstić information content (AvgIpc) is 3.51. The maximum Gasteiger partial charge on any atom is 0.238 e. The maximum absolute atomic E-state index is 14.0. The van der Waals surface area contributed by atoms with Gasteiger partial charge in [0.05, 0.1) is 41.0 Å². The van der Waals surface area contributed by atoms with Gasteiger partial charge in [-0.15, -0.1) is 0 Å². The number of aromatic hydroxyl groups is 1. The van der Waals surface area contributed by atoms with E-state index in [0.29, 0.717) is 39.5 Å². The van der Waals surface area contributed by atoms with Crippen molar-refractivity contribution in [2.24, 2.45) is 0 Å². The Labute approximate surface area is 221 Å². The molecule has 10 nitrogen and oxygen atoms in total. The van der Waals surface area contributed by atoms with E-state index >= 15 is 0 Å². The van der Waals surface area contributed by atoms with Crippen LogP contribution in [0.3, 0.4) is 0 Å². The zero-order valence-electron chi connectivity index (χ0n) is 21.0. The lowest BCUT2D eigenvalue weighted by Gasteiger charge is -2.10. The van der Waals surface area contributed by atoms with Crippen LogP contribution in [0.2, 0.25) is 0 Å². The summed E-state index contributed by atoms with van der Waals surface area (Å²) in [5.74, 6) is -0.864. The molecule has 0 aliphatic rings. The molecule has 39 heavy (non-hydrogen) atoms. The summed E-state index contributed by atoms with van der Waals surface area (Å²) < 4.78 is 14.0. The second-order valence-corrected chi connectivity index (χ2v) is 9.42. The van der Waals surface area contributed by atoms with Crippen LogP contribution in [0.4, 0.5) is 10.1 Å². The van der Waals surface area contributed by atoms with Crippen LogP contribution in [0.25, 0.3) is 55.8 Å². The number of hydrogen-bond donors (Lipinski definition) is 4. The van der Waals surface area contributed by atoms with Crippen molar-refractivity contribution in [1.29, 1.82) is 0 Å². The third kappa shape index (κ3) is 4.78. The van der Waals surface area contributed by atoms with E-state index in [1.807, 2.05) is 44.4 Å². The number of aromatic nitrogens is 6. The number of carbonyl (C=O) groups is 1. The van der Waals surface area contributed by atoms with Crippen LogP contribution in [0.1, 0.15) is 0 Å². The average molecular weight is 523 g/mol. The van der Waals surface area contributed by atoms with Gasteiger partial charge >= 0.3 is 0 Å². The molecule has 0 aliphatic heterocycles. The van der Waals surface area contributed by atoms with Gasteiger partial charge in [0.25, 0.3) is 0 Å². The fourth-order valence-corrected chi connectivity index (χ4v) is 4.51. The van der Waals surface area contributed by atoms with Crippen LogP contribution >= 0.6 is 0 Å². The van der Waals surface area contributed by atoms with Gasteiger partial charge in [-0.2, -0.15) is 5.10 Å². The van der Waals surface area contributed by atoms with Crippen molar-refractivity contribution in [3.8, 4) is 39.7 Å². The van der Waals surface area contributed by atoms with E-state index in [2.05, 4.69) is 30.5 Å². The number of fused-ring (bicyclic) bond motifs is 2. The molecule has 4 N–H and O–H groups in total. The molecular formula is C28H23FN8O2. The second kappa shape index (κ2) is 9.62. The van der Waals surface area contributed by atoms with Gasteiger partial charge in [-0.25, -0.2) is 9.37 Å².